The van der Waals surface area contributed by atoms with E-state index in [0.717, 1.165) is 6.20 Å². The van der Waals surface area contributed by atoms with Crippen molar-refractivity contribution in [1.29, 1.82) is 5.26 Å². The maximum absolute atomic E-state index is 13.4. The van der Waals surface area contributed by atoms with Crippen molar-refractivity contribution in [3.05, 3.63) is 41.1 Å². The van der Waals surface area contributed by atoms with Gasteiger partial charge in [0.1, 0.15) is 11.5 Å². The predicted octanol–water partition coefficient (Wildman–Crippen LogP) is 2.94. The average molecular weight is 280 g/mol. The molecule has 0 unspecified atom stereocenters. The second kappa shape index (κ2) is 5.50. The summed E-state index contributed by atoms with van der Waals surface area (Å²) < 4.78 is 23.7. The lowest BCUT2D eigenvalue weighted by molar-refractivity contribution is 0.398. The molecule has 0 saturated carbocycles. The molecule has 0 atom stereocenters. The van der Waals surface area contributed by atoms with Crippen molar-refractivity contribution in [2.75, 3.05) is 7.11 Å². The van der Waals surface area contributed by atoms with Gasteiger partial charge in [-0.25, -0.2) is 4.98 Å². The highest BCUT2D eigenvalue weighted by atomic mass is 35.5. The Balaban J connectivity index is 2.38. The summed E-state index contributed by atoms with van der Waals surface area (Å²) in [5, 5.41) is 8.73. The number of nitriles is 1. The molecule has 0 saturated heterocycles. The van der Waals surface area contributed by atoms with Crippen LogP contribution < -0.4 is 9.47 Å². The summed E-state index contributed by atoms with van der Waals surface area (Å²) in [5.41, 5.74) is 0.315. The highest BCUT2D eigenvalue weighted by Gasteiger charge is 2.10. The average Bonchev–Trinajstić information content (AvgIpc) is 2.42. The van der Waals surface area contributed by atoms with Gasteiger partial charge in [-0.1, -0.05) is 0 Å². The van der Waals surface area contributed by atoms with Crippen molar-refractivity contribution in [2.45, 2.75) is 0 Å². The van der Waals surface area contributed by atoms with Crippen LogP contribution in [0.25, 0.3) is 0 Å². The summed E-state index contributed by atoms with van der Waals surface area (Å²) in [6.07, 6.45) is 0.899. The minimum absolute atomic E-state index is 0.139. The van der Waals surface area contributed by atoms with Gasteiger partial charge in [-0.3, -0.25) is 0 Å². The zero-order chi connectivity index (χ0) is 13.8. The molecule has 1 aromatic carbocycles. The molecule has 0 radical (unpaired) electrons. The fraction of sp³-hybridized carbons (Fsp3) is 0.0833. The van der Waals surface area contributed by atoms with Crippen LogP contribution in [0, 0.1) is 17.1 Å². The molecule has 2 aromatic rings. The van der Waals surface area contributed by atoms with E-state index < -0.39 is 5.82 Å². The Morgan fingerprint density at radius 3 is 2.74 bits per heavy atom. The first-order valence-corrected chi connectivity index (χ1v) is 5.45. The van der Waals surface area contributed by atoms with Gasteiger partial charge < -0.3 is 9.47 Å². The number of benzene rings is 1. The van der Waals surface area contributed by atoms with Crippen LogP contribution in [0.2, 0.25) is 5.28 Å². The third-order valence-corrected chi connectivity index (χ3v) is 2.32. The van der Waals surface area contributed by atoms with Crippen LogP contribution in [0.1, 0.15) is 5.56 Å². The fourth-order valence-electron chi connectivity index (χ4n) is 1.33. The van der Waals surface area contributed by atoms with Crippen molar-refractivity contribution in [3.8, 4) is 23.4 Å². The smallest absolute Gasteiger partial charge is 0.260 e. The summed E-state index contributed by atoms with van der Waals surface area (Å²) in [5.74, 6) is -0.456. The van der Waals surface area contributed by atoms with Gasteiger partial charge >= 0.3 is 0 Å². The third-order valence-electron chi connectivity index (χ3n) is 2.14. The zero-order valence-corrected chi connectivity index (χ0v) is 10.5. The number of hydrogen-bond donors (Lipinski definition) is 0. The zero-order valence-electron chi connectivity index (χ0n) is 9.72. The van der Waals surface area contributed by atoms with Crippen molar-refractivity contribution < 1.29 is 13.9 Å². The van der Waals surface area contributed by atoms with Gasteiger partial charge in [0, 0.05) is 6.07 Å². The lowest BCUT2D eigenvalue weighted by Gasteiger charge is -2.07. The number of ether oxygens (including phenoxy) is 2. The number of aromatic nitrogens is 2. The molecule has 0 aliphatic carbocycles. The molecule has 19 heavy (non-hydrogen) atoms. The Hall–Kier alpha value is -2.39. The minimum atomic E-state index is -0.759. The second-order valence-corrected chi connectivity index (χ2v) is 3.74. The van der Waals surface area contributed by atoms with Crippen LogP contribution in [0.15, 0.2) is 24.4 Å². The molecule has 96 valence electrons. The normalized spacial score (nSPS) is 9.79. The monoisotopic (exact) mass is 279 g/mol. The lowest BCUT2D eigenvalue weighted by Crippen LogP contribution is -1.95. The van der Waals surface area contributed by atoms with E-state index in [1.54, 1.807) is 0 Å². The first kappa shape index (κ1) is 13.1. The molecule has 0 N–H and O–H groups in total. The van der Waals surface area contributed by atoms with E-state index in [1.807, 2.05) is 6.07 Å². The molecule has 0 spiro atoms. The summed E-state index contributed by atoms with van der Waals surface area (Å²) in [6, 6.07) is 6.39. The van der Waals surface area contributed by atoms with E-state index in [0.29, 0.717) is 11.3 Å². The first-order chi connectivity index (χ1) is 9.12. The van der Waals surface area contributed by atoms with Gasteiger partial charge in [-0.15, -0.1) is 0 Å². The summed E-state index contributed by atoms with van der Waals surface area (Å²) in [7, 11) is 1.45. The van der Waals surface area contributed by atoms with Crippen LogP contribution in [0.5, 0.6) is 17.4 Å². The minimum Gasteiger partial charge on any atom is -0.497 e. The van der Waals surface area contributed by atoms with E-state index in [2.05, 4.69) is 9.97 Å². The molecule has 0 aliphatic heterocycles. The van der Waals surface area contributed by atoms with Crippen molar-refractivity contribution in [2.24, 2.45) is 0 Å². The van der Waals surface area contributed by atoms with E-state index in [-0.39, 0.29) is 16.9 Å². The Bertz CT molecular complexity index is 658. The molecular formula is C12H7ClFN3O2. The molecule has 5 nitrogen and oxygen atoms in total. The van der Waals surface area contributed by atoms with Crippen LogP contribution >= 0.6 is 11.6 Å². The Kier molecular flexibility index (Phi) is 3.78. The molecule has 2 rings (SSSR count). The van der Waals surface area contributed by atoms with E-state index >= 15 is 0 Å². The summed E-state index contributed by atoms with van der Waals surface area (Å²) >= 11 is 5.55. The second-order valence-electron chi connectivity index (χ2n) is 3.40. The van der Waals surface area contributed by atoms with Gasteiger partial charge in [0.15, 0.2) is 0 Å². The van der Waals surface area contributed by atoms with E-state index in [9.17, 15) is 4.39 Å². The van der Waals surface area contributed by atoms with Crippen LogP contribution in [-0.4, -0.2) is 17.1 Å². The molecule has 0 aliphatic rings. The highest BCUT2D eigenvalue weighted by Crippen LogP contribution is 2.27. The summed E-state index contributed by atoms with van der Waals surface area (Å²) in [6.45, 7) is 0. The van der Waals surface area contributed by atoms with Gasteiger partial charge in [-0.05, 0) is 23.7 Å². The largest absolute Gasteiger partial charge is 0.497 e. The van der Waals surface area contributed by atoms with Gasteiger partial charge in [0.25, 0.3) is 5.88 Å². The summed E-state index contributed by atoms with van der Waals surface area (Å²) in [4.78, 5) is 7.08. The van der Waals surface area contributed by atoms with Crippen LogP contribution in [0.4, 0.5) is 4.39 Å². The number of methoxy groups -OCH3 is 1. The molecule has 0 bridgehead atoms. The molecule has 0 amide bonds. The van der Waals surface area contributed by atoms with Crippen LogP contribution in [-0.2, 0) is 0 Å². The number of halogens is 2. The fourth-order valence-corrected chi connectivity index (χ4v) is 1.45. The van der Waals surface area contributed by atoms with E-state index in [4.69, 9.17) is 26.3 Å². The van der Waals surface area contributed by atoms with E-state index in [1.165, 1.54) is 25.3 Å². The highest BCUT2D eigenvalue weighted by molar-refractivity contribution is 6.28. The predicted molar refractivity (Wildman–Crippen MR) is 64.8 cm³/mol. The van der Waals surface area contributed by atoms with Gasteiger partial charge in [-0.2, -0.15) is 14.6 Å². The number of hydrogen-bond acceptors (Lipinski definition) is 5. The molecular weight excluding hydrogens is 273 g/mol. The Labute approximate surface area is 113 Å². The maximum Gasteiger partial charge on any atom is 0.260 e. The van der Waals surface area contributed by atoms with Gasteiger partial charge in [0.2, 0.25) is 11.1 Å². The van der Waals surface area contributed by atoms with Crippen molar-refractivity contribution in [3.63, 3.8) is 0 Å². The molecule has 7 heteroatoms. The molecule has 0 fully saturated rings. The quantitative estimate of drug-likeness (QED) is 0.808. The Morgan fingerprint density at radius 2 is 2.05 bits per heavy atom. The Morgan fingerprint density at radius 1 is 1.32 bits per heavy atom. The maximum atomic E-state index is 13.4. The van der Waals surface area contributed by atoms with Crippen molar-refractivity contribution >= 4 is 11.6 Å². The lowest BCUT2D eigenvalue weighted by atomic mass is 10.2. The third kappa shape index (κ3) is 3.09. The molecule has 1 heterocycles. The first-order valence-electron chi connectivity index (χ1n) is 5.07. The molecule has 1 aromatic heterocycles. The van der Waals surface area contributed by atoms with Crippen molar-refractivity contribution in [1.82, 2.24) is 9.97 Å². The number of nitrogens with zero attached hydrogens (tertiary/aromatic N) is 3. The van der Waals surface area contributed by atoms with Crippen LogP contribution in [0.3, 0.4) is 0 Å². The standard InChI is InChI=1S/C12H7ClFN3O2/c1-18-8-2-7(5-15)3-9(4-8)19-11-10(14)6-16-12(13)17-11/h2-4,6H,1H3. The topological polar surface area (TPSA) is 68.0 Å². The number of rotatable bonds is 3. The SMILES string of the molecule is COc1cc(C#N)cc(Oc2nc(Cl)ncc2F)c1. The van der Waals surface area contributed by atoms with Gasteiger partial charge in [0.05, 0.1) is 24.9 Å².